The first-order valence-electron chi connectivity index (χ1n) is 4.33. The van der Waals surface area contributed by atoms with Gasteiger partial charge in [-0.3, -0.25) is 0 Å². The van der Waals surface area contributed by atoms with Gasteiger partial charge in [-0.25, -0.2) is 0 Å². The van der Waals surface area contributed by atoms with Crippen LogP contribution in [0.1, 0.15) is 11.1 Å². The number of hydrogen-bond donors (Lipinski definition) is 1. The van der Waals surface area contributed by atoms with Crippen molar-refractivity contribution in [1.29, 1.82) is 0 Å². The van der Waals surface area contributed by atoms with Crippen molar-refractivity contribution < 1.29 is 9.67 Å². The topological polar surface area (TPSA) is 24.1 Å². The molecule has 0 aromatic carbocycles. The van der Waals surface area contributed by atoms with E-state index in [1.54, 1.807) is 12.2 Å². The molecule has 0 aliphatic rings. The van der Waals surface area contributed by atoms with Crippen molar-refractivity contribution in [2.24, 2.45) is 0 Å². The van der Waals surface area contributed by atoms with Gasteiger partial charge in [0.2, 0.25) is 5.69 Å². The highest BCUT2D eigenvalue weighted by atomic mass is 35.5. The van der Waals surface area contributed by atoms with Crippen LogP contribution in [-0.2, 0) is 6.54 Å². The van der Waals surface area contributed by atoms with E-state index in [2.05, 4.69) is 6.58 Å². The van der Waals surface area contributed by atoms with Gasteiger partial charge in [-0.1, -0.05) is 12.1 Å². The number of aliphatic hydroxyl groups is 1. The van der Waals surface area contributed by atoms with Gasteiger partial charge in [0.15, 0.2) is 12.7 Å². The van der Waals surface area contributed by atoms with Gasteiger partial charge >= 0.3 is 0 Å². The molecule has 1 unspecified atom stereocenters. The molecule has 74 valence electrons. The Morgan fingerprint density at radius 1 is 1.57 bits per heavy atom. The van der Waals surface area contributed by atoms with Gasteiger partial charge in [0.05, 0.1) is 6.26 Å². The molecular weight excluding hydrogens is 198 g/mol. The fourth-order valence-electron chi connectivity index (χ4n) is 1.19. The number of allylic oxidation sites excluding steroid dienone is 2. The van der Waals surface area contributed by atoms with E-state index < -0.39 is 0 Å². The van der Waals surface area contributed by atoms with Gasteiger partial charge in [-0.2, -0.15) is 4.57 Å². The average Bonchev–Trinajstić information content (AvgIpc) is 2.25. The highest BCUT2D eigenvalue weighted by Crippen LogP contribution is 2.16. The Labute approximate surface area is 88.8 Å². The fourth-order valence-corrected chi connectivity index (χ4v) is 1.39. The smallest absolute Gasteiger partial charge is 0.203 e. The number of alkyl halides is 1. The molecular formula is C11H13ClNO+. The SMILES string of the molecule is C=CC(Cl)c1cccc[n+]1CC=CO. The maximum Gasteiger partial charge on any atom is 0.203 e. The van der Waals surface area contributed by atoms with Crippen molar-refractivity contribution in [3.8, 4) is 0 Å². The van der Waals surface area contributed by atoms with Crippen molar-refractivity contribution in [1.82, 2.24) is 0 Å². The van der Waals surface area contributed by atoms with Crippen LogP contribution in [0, 0.1) is 0 Å². The van der Waals surface area contributed by atoms with Crippen LogP contribution >= 0.6 is 11.6 Å². The van der Waals surface area contributed by atoms with Crippen LogP contribution in [0.5, 0.6) is 0 Å². The third-order valence-corrected chi connectivity index (χ3v) is 2.27. The van der Waals surface area contributed by atoms with Gasteiger partial charge < -0.3 is 5.11 Å². The number of hydrogen-bond acceptors (Lipinski definition) is 1. The molecule has 2 nitrogen and oxygen atoms in total. The summed E-state index contributed by atoms with van der Waals surface area (Å²) in [4.78, 5) is 0. The molecule has 1 aromatic heterocycles. The quantitative estimate of drug-likeness (QED) is 0.351. The first-order chi connectivity index (χ1) is 6.79. The van der Waals surface area contributed by atoms with Crippen LogP contribution in [0.4, 0.5) is 0 Å². The van der Waals surface area contributed by atoms with E-state index in [1.165, 1.54) is 0 Å². The third-order valence-electron chi connectivity index (χ3n) is 1.87. The van der Waals surface area contributed by atoms with Gasteiger partial charge in [-0.15, -0.1) is 18.2 Å². The molecule has 1 rings (SSSR count). The van der Waals surface area contributed by atoms with Crippen LogP contribution in [0.2, 0.25) is 0 Å². The summed E-state index contributed by atoms with van der Waals surface area (Å²) in [6, 6.07) is 5.78. The van der Waals surface area contributed by atoms with Gasteiger partial charge in [0.25, 0.3) is 0 Å². The molecule has 0 aliphatic carbocycles. The van der Waals surface area contributed by atoms with Crippen LogP contribution in [-0.4, -0.2) is 5.11 Å². The lowest BCUT2D eigenvalue weighted by molar-refractivity contribution is -0.694. The van der Waals surface area contributed by atoms with Crippen molar-refractivity contribution in [2.45, 2.75) is 11.9 Å². The highest BCUT2D eigenvalue weighted by Gasteiger charge is 2.14. The lowest BCUT2D eigenvalue weighted by Gasteiger charge is -2.03. The van der Waals surface area contributed by atoms with Crippen LogP contribution in [0.15, 0.2) is 49.4 Å². The monoisotopic (exact) mass is 210 g/mol. The molecule has 14 heavy (non-hydrogen) atoms. The number of nitrogens with zero attached hydrogens (tertiary/aromatic N) is 1. The number of rotatable bonds is 4. The Morgan fingerprint density at radius 3 is 3.00 bits per heavy atom. The minimum Gasteiger partial charge on any atom is -0.516 e. The average molecular weight is 211 g/mol. The predicted octanol–water partition coefficient (Wildman–Crippen LogP) is 2.51. The second-order valence-corrected chi connectivity index (χ2v) is 3.27. The van der Waals surface area contributed by atoms with E-state index in [0.29, 0.717) is 6.54 Å². The van der Waals surface area contributed by atoms with Crippen LogP contribution in [0.3, 0.4) is 0 Å². The predicted molar refractivity (Wildman–Crippen MR) is 57.2 cm³/mol. The summed E-state index contributed by atoms with van der Waals surface area (Å²) >= 11 is 6.05. The summed E-state index contributed by atoms with van der Waals surface area (Å²) in [7, 11) is 0. The molecule has 1 atom stereocenters. The number of pyridine rings is 1. The normalized spacial score (nSPS) is 12.9. The Bertz CT molecular complexity index is 336. The third kappa shape index (κ3) is 2.60. The minimum atomic E-state index is -0.205. The number of aromatic nitrogens is 1. The molecule has 0 amide bonds. The van der Waals surface area contributed by atoms with E-state index in [-0.39, 0.29) is 5.38 Å². The first kappa shape index (κ1) is 10.8. The van der Waals surface area contributed by atoms with E-state index in [4.69, 9.17) is 16.7 Å². The molecule has 0 spiro atoms. The van der Waals surface area contributed by atoms with Crippen molar-refractivity contribution in [3.05, 3.63) is 55.1 Å². The van der Waals surface area contributed by atoms with Crippen molar-refractivity contribution in [2.75, 3.05) is 0 Å². The largest absolute Gasteiger partial charge is 0.516 e. The molecule has 1 N–H and O–H groups in total. The van der Waals surface area contributed by atoms with Crippen LogP contribution < -0.4 is 4.57 Å². The Hall–Kier alpha value is -1.28. The Morgan fingerprint density at radius 2 is 2.36 bits per heavy atom. The second kappa shape index (κ2) is 5.45. The minimum absolute atomic E-state index is 0.205. The molecule has 0 radical (unpaired) electrons. The summed E-state index contributed by atoms with van der Waals surface area (Å²) < 4.78 is 1.95. The summed E-state index contributed by atoms with van der Waals surface area (Å²) in [5, 5.41) is 8.36. The zero-order chi connectivity index (χ0) is 10.4. The molecule has 0 saturated carbocycles. The lowest BCUT2D eigenvalue weighted by Crippen LogP contribution is -2.37. The first-order valence-corrected chi connectivity index (χ1v) is 4.77. The summed E-state index contributed by atoms with van der Waals surface area (Å²) in [5.74, 6) is 0. The summed E-state index contributed by atoms with van der Waals surface area (Å²) in [6.07, 6.45) is 6.27. The molecule has 0 fully saturated rings. The van der Waals surface area contributed by atoms with E-state index in [1.807, 2.05) is 29.0 Å². The lowest BCUT2D eigenvalue weighted by atomic mass is 10.2. The van der Waals surface area contributed by atoms with Crippen molar-refractivity contribution >= 4 is 11.6 Å². The zero-order valence-electron chi connectivity index (χ0n) is 7.81. The van der Waals surface area contributed by atoms with E-state index in [9.17, 15) is 0 Å². The van der Waals surface area contributed by atoms with E-state index >= 15 is 0 Å². The molecule has 1 aromatic rings. The zero-order valence-corrected chi connectivity index (χ0v) is 8.56. The number of halogens is 1. The molecule has 0 aliphatic heterocycles. The maximum atomic E-state index is 8.57. The van der Waals surface area contributed by atoms with Crippen LogP contribution in [0.25, 0.3) is 0 Å². The molecule has 1 heterocycles. The molecule has 3 heteroatoms. The Kier molecular flexibility index (Phi) is 4.20. The highest BCUT2D eigenvalue weighted by molar-refractivity contribution is 6.21. The maximum absolute atomic E-state index is 8.57. The van der Waals surface area contributed by atoms with Gasteiger partial charge in [-0.05, 0) is 0 Å². The van der Waals surface area contributed by atoms with E-state index in [0.717, 1.165) is 12.0 Å². The Balaban J connectivity index is 2.96. The molecule has 0 saturated heterocycles. The number of aliphatic hydroxyl groups excluding tert-OH is 1. The second-order valence-electron chi connectivity index (χ2n) is 2.80. The van der Waals surface area contributed by atoms with Crippen molar-refractivity contribution in [3.63, 3.8) is 0 Å². The standard InChI is InChI=1S/C11H12ClNO/c1-2-10(12)11-6-3-4-7-13(11)8-5-9-14/h2-7,9-10H,1,8H2/p+1. The summed E-state index contributed by atoms with van der Waals surface area (Å²) in [5.41, 5.74) is 0.960. The fraction of sp³-hybridized carbons (Fsp3) is 0.182. The molecule has 0 bridgehead atoms. The summed E-state index contributed by atoms with van der Waals surface area (Å²) in [6.45, 7) is 4.25. The van der Waals surface area contributed by atoms with Gasteiger partial charge in [0.1, 0.15) is 5.38 Å². The van der Waals surface area contributed by atoms with Gasteiger partial charge in [0, 0.05) is 18.2 Å².